The molecule has 472 valence electrons. The lowest BCUT2D eigenvalue weighted by atomic mass is 9.84. The third kappa shape index (κ3) is 20.8. The number of carboxylic acid groups (broad SMARTS) is 1. The summed E-state index contributed by atoms with van der Waals surface area (Å²) in [5.41, 5.74) is 11.6. The zero-order valence-corrected chi connectivity index (χ0v) is 51.7. The Labute approximate surface area is 533 Å². The monoisotopic (exact) mass is 1300 g/mol. The van der Waals surface area contributed by atoms with E-state index in [0.717, 1.165) is 82.1 Å². The fourth-order valence-corrected chi connectivity index (χ4v) is 11.1. The van der Waals surface area contributed by atoms with Crippen LogP contribution in [0.4, 0.5) is 45.8 Å². The van der Waals surface area contributed by atoms with E-state index in [4.69, 9.17) is 75.3 Å². The molecule has 9 rings (SSSR count). The van der Waals surface area contributed by atoms with Crippen molar-refractivity contribution in [2.75, 3.05) is 127 Å². The normalized spacial score (nSPS) is 14.8. The molecule has 0 aliphatic carbocycles. The topological polar surface area (TPSA) is 239 Å². The largest absolute Gasteiger partial charge is 0.490 e. The van der Waals surface area contributed by atoms with E-state index in [-0.39, 0.29) is 23.9 Å². The Morgan fingerprint density at radius 3 is 1.30 bits per heavy atom. The summed E-state index contributed by atoms with van der Waals surface area (Å²) in [4.78, 5) is 56.3. The molecule has 0 fully saturated rings. The smallest absolute Gasteiger partial charge is 0.475 e. The Bertz CT molecular complexity index is 3290. The van der Waals surface area contributed by atoms with Crippen molar-refractivity contribution in [1.29, 1.82) is 0 Å². The molecule has 27 heteroatoms. The van der Waals surface area contributed by atoms with Crippen LogP contribution in [0.2, 0.25) is 20.1 Å². The van der Waals surface area contributed by atoms with Gasteiger partial charge in [0.05, 0.1) is 64.2 Å². The van der Waals surface area contributed by atoms with Crippen molar-refractivity contribution in [2.24, 2.45) is 0 Å². The molecular formula is C62H67Cl4F3N12O8. The number of urea groups is 2. The van der Waals surface area contributed by atoms with Gasteiger partial charge in [-0.3, -0.25) is 0 Å². The highest BCUT2D eigenvalue weighted by Crippen LogP contribution is 2.41. The van der Waals surface area contributed by atoms with Gasteiger partial charge in [-0.15, -0.1) is 0 Å². The van der Waals surface area contributed by atoms with Gasteiger partial charge in [-0.05, 0) is 108 Å². The number of hydrogen-bond acceptors (Lipinski definition) is 15. The van der Waals surface area contributed by atoms with Crippen molar-refractivity contribution in [2.45, 2.75) is 31.1 Å². The van der Waals surface area contributed by atoms with Gasteiger partial charge in [0.15, 0.2) is 0 Å². The maximum atomic E-state index is 12.5. The lowest BCUT2D eigenvalue weighted by molar-refractivity contribution is -0.192. The summed E-state index contributed by atoms with van der Waals surface area (Å²) in [6, 6.07) is 34.4. The standard InChI is InChI=1S/C60H66Cl4N12O6.C2HF3O2/c1-75-33-49(47-27-43(61)29-53(63)51(47)35-75)39-5-3-7-41(25-39)55-31-57(71-37-69-55)65-13-17-79-21-23-81-19-15-67-59(77)73-45-9-11-46(12-10-45)74-60(78)68-16-20-82-24-22-80-18-14-66-58-32-56(70-38-72-58)42-8-4-6-40(26-42)50-34-76(2)36-52-48(50)28-44(62)30-54(52)64;3-2(4,5)1(6)7/h3-12,25-32,37-38,49-50H,13-24,33-36H2,1-2H3,(H,65,69,71)(H,66,70,72)(H2,67,73,77)(H2,68,74,78);(H,6,7)/t49-,50-;/m0./s1. The SMILES string of the molecule is CN1Cc2c(Cl)cc(Cl)cc2[C@H](c2cccc(-c3cc(NCCOCCOCCNC(=O)Nc4ccc(NC(=O)NCCOCCOCCNc5cc(-c6cccc([C@@H]7CN(C)Cc8c(Cl)cc(Cl)cc87)c6)ncn5)cc4)ncn3)c2)C1.O=C(O)C(F)(F)F. The van der Waals surface area contributed by atoms with E-state index in [2.05, 4.69) is 112 Å². The number of nitrogens with zero attached hydrogens (tertiary/aromatic N) is 6. The molecule has 7 N–H and O–H groups in total. The van der Waals surface area contributed by atoms with Crippen LogP contribution >= 0.6 is 46.4 Å². The highest BCUT2D eigenvalue weighted by atomic mass is 35.5. The Hall–Kier alpha value is -7.42. The van der Waals surface area contributed by atoms with Gasteiger partial charge in [0.1, 0.15) is 24.3 Å². The number of benzene rings is 5. The van der Waals surface area contributed by atoms with Crippen molar-refractivity contribution in [3.8, 4) is 22.5 Å². The maximum Gasteiger partial charge on any atom is 0.490 e. The van der Waals surface area contributed by atoms with Gasteiger partial charge in [0.25, 0.3) is 0 Å². The van der Waals surface area contributed by atoms with E-state index in [1.807, 2.05) is 48.5 Å². The number of aromatic nitrogens is 4. The Morgan fingerprint density at radius 2 is 0.921 bits per heavy atom. The zero-order chi connectivity index (χ0) is 63.3. The number of likely N-dealkylation sites (N-methyl/N-ethyl adjacent to an activating group) is 2. The molecule has 2 aliphatic rings. The fourth-order valence-electron chi connectivity index (χ4n) is 9.92. The second kappa shape index (κ2) is 33.4. The second-order valence-corrected chi connectivity index (χ2v) is 22.4. The third-order valence-electron chi connectivity index (χ3n) is 14.0. The summed E-state index contributed by atoms with van der Waals surface area (Å²) >= 11 is 26.1. The molecule has 2 aromatic heterocycles. The zero-order valence-electron chi connectivity index (χ0n) is 48.6. The van der Waals surface area contributed by atoms with Crippen LogP contribution in [0.3, 0.4) is 0 Å². The molecule has 7 aromatic rings. The van der Waals surface area contributed by atoms with Crippen LogP contribution in [0.15, 0.2) is 122 Å². The van der Waals surface area contributed by atoms with Crippen LogP contribution in [0.1, 0.15) is 45.2 Å². The van der Waals surface area contributed by atoms with Crippen LogP contribution in [-0.2, 0) is 36.8 Å². The minimum Gasteiger partial charge on any atom is -0.475 e. The van der Waals surface area contributed by atoms with Crippen LogP contribution in [0, 0.1) is 0 Å². The Kier molecular flexibility index (Phi) is 25.3. The van der Waals surface area contributed by atoms with Gasteiger partial charge < -0.3 is 65.8 Å². The number of nitrogens with one attached hydrogen (secondary N) is 6. The molecule has 2 aliphatic heterocycles. The van der Waals surface area contributed by atoms with Gasteiger partial charge in [0.2, 0.25) is 0 Å². The van der Waals surface area contributed by atoms with Crippen LogP contribution in [0.5, 0.6) is 0 Å². The summed E-state index contributed by atoms with van der Waals surface area (Å²) in [6.07, 6.45) is -1.98. The number of amides is 4. The molecule has 0 unspecified atom stereocenters. The number of rotatable bonds is 26. The highest BCUT2D eigenvalue weighted by Gasteiger charge is 2.38. The second-order valence-electron chi connectivity index (χ2n) is 20.7. The predicted molar refractivity (Wildman–Crippen MR) is 339 cm³/mol. The van der Waals surface area contributed by atoms with Crippen LogP contribution in [0.25, 0.3) is 22.5 Å². The number of carbonyl (C=O) groups excluding carboxylic acids is 2. The van der Waals surface area contributed by atoms with E-state index in [0.29, 0.717) is 122 Å². The number of halogens is 7. The number of anilines is 4. The third-order valence-corrected chi connectivity index (χ3v) is 15.2. The quantitative estimate of drug-likeness (QED) is 0.0250. The van der Waals surface area contributed by atoms with E-state index in [1.165, 1.54) is 0 Å². The van der Waals surface area contributed by atoms with E-state index in [9.17, 15) is 22.8 Å². The van der Waals surface area contributed by atoms with Crippen molar-refractivity contribution >= 4 is 87.4 Å². The Morgan fingerprint density at radius 1 is 0.539 bits per heavy atom. The predicted octanol–water partition coefficient (Wildman–Crippen LogP) is 11.5. The molecule has 20 nitrogen and oxygen atoms in total. The minimum atomic E-state index is -5.08. The van der Waals surface area contributed by atoms with Crippen molar-refractivity contribution in [3.05, 3.63) is 175 Å². The summed E-state index contributed by atoms with van der Waals surface area (Å²) in [6.45, 7) is 8.01. The average molecular weight is 1310 g/mol. The lowest BCUT2D eigenvalue weighted by Crippen LogP contribution is -2.32. The number of carboxylic acids is 1. The molecule has 5 aromatic carbocycles. The van der Waals surface area contributed by atoms with Crippen molar-refractivity contribution in [3.63, 3.8) is 0 Å². The number of carbonyl (C=O) groups is 3. The molecule has 0 bridgehead atoms. The first-order chi connectivity index (χ1) is 42.9. The molecule has 0 radical (unpaired) electrons. The highest BCUT2D eigenvalue weighted by molar-refractivity contribution is 6.35. The van der Waals surface area contributed by atoms with Crippen LogP contribution < -0.4 is 31.9 Å². The number of fused-ring (bicyclic) bond motifs is 2. The molecule has 4 heterocycles. The molecule has 4 amide bonds. The van der Waals surface area contributed by atoms with Gasteiger partial charge >= 0.3 is 24.2 Å². The molecular weight excluding hydrogens is 1240 g/mol. The number of alkyl halides is 3. The van der Waals surface area contributed by atoms with E-state index >= 15 is 0 Å². The number of aliphatic carboxylic acids is 1. The van der Waals surface area contributed by atoms with Gasteiger partial charge in [0, 0.05) is 119 Å². The van der Waals surface area contributed by atoms with Crippen LogP contribution in [-0.4, -0.2) is 165 Å². The van der Waals surface area contributed by atoms with Gasteiger partial charge in [-0.25, -0.2) is 34.3 Å². The molecule has 0 spiro atoms. The van der Waals surface area contributed by atoms with Gasteiger partial charge in [-0.1, -0.05) is 82.8 Å². The lowest BCUT2D eigenvalue weighted by Gasteiger charge is -2.33. The summed E-state index contributed by atoms with van der Waals surface area (Å²) in [5.74, 6) is -1.13. The molecule has 89 heavy (non-hydrogen) atoms. The fraction of sp³-hybridized carbons (Fsp3) is 0.339. The summed E-state index contributed by atoms with van der Waals surface area (Å²) in [7, 11) is 4.20. The molecule has 0 saturated heterocycles. The van der Waals surface area contributed by atoms with E-state index in [1.54, 1.807) is 36.9 Å². The molecule has 2 atom stereocenters. The van der Waals surface area contributed by atoms with E-state index < -0.39 is 12.1 Å². The first-order valence-corrected chi connectivity index (χ1v) is 29.8. The van der Waals surface area contributed by atoms with Gasteiger partial charge in [-0.2, -0.15) is 13.2 Å². The first-order valence-electron chi connectivity index (χ1n) is 28.3. The van der Waals surface area contributed by atoms with Crippen molar-refractivity contribution in [1.82, 2.24) is 40.4 Å². The molecule has 0 saturated carbocycles. The average Bonchev–Trinajstić information content (AvgIpc) is 0.986. The maximum absolute atomic E-state index is 12.5. The summed E-state index contributed by atoms with van der Waals surface area (Å²) < 4.78 is 54.5. The summed E-state index contributed by atoms with van der Waals surface area (Å²) in [5, 5.41) is 27.5. The first kappa shape index (κ1) is 67.5. The number of ether oxygens (including phenoxy) is 4. The Balaban J connectivity index is 0.00000138. The minimum absolute atomic E-state index is 0.120. The van der Waals surface area contributed by atoms with Crippen molar-refractivity contribution < 1.29 is 51.6 Å². The number of hydrogen-bond donors (Lipinski definition) is 7.